The molecule has 3 N–H and O–H groups in total. The van der Waals surface area contributed by atoms with Crippen LogP contribution in [-0.2, 0) is 16.6 Å². The fourth-order valence-electron chi connectivity index (χ4n) is 2.18. The Morgan fingerprint density at radius 3 is 2.50 bits per heavy atom. The first kappa shape index (κ1) is 16.0. The third kappa shape index (κ3) is 3.64. The molecule has 0 spiro atoms. The van der Waals surface area contributed by atoms with E-state index in [1.807, 2.05) is 32.0 Å². The van der Waals surface area contributed by atoms with E-state index in [0.29, 0.717) is 12.2 Å². The van der Waals surface area contributed by atoms with E-state index >= 15 is 0 Å². The van der Waals surface area contributed by atoms with Gasteiger partial charge in [0.1, 0.15) is 6.07 Å². The molecule has 0 saturated heterocycles. The third-order valence-corrected chi connectivity index (χ3v) is 4.32. The molecule has 0 atom stereocenters. The van der Waals surface area contributed by atoms with Gasteiger partial charge in [0.25, 0.3) is 0 Å². The molecule has 0 saturated carbocycles. The molecule has 2 aromatic rings. The fourth-order valence-corrected chi connectivity index (χ4v) is 2.72. The highest BCUT2D eigenvalue weighted by Gasteiger charge is 2.11. The van der Waals surface area contributed by atoms with Gasteiger partial charge in [-0.1, -0.05) is 23.8 Å². The standard InChI is InChI=1S/C16H17N3O2S/c1-11-3-4-13(12(2)7-11)10-19-16-6-5-15(22(18,20)21)8-14(16)9-17/h3-8,19H,10H2,1-2H3,(H2,18,20,21). The van der Waals surface area contributed by atoms with Gasteiger partial charge in [-0.2, -0.15) is 5.26 Å². The maximum atomic E-state index is 11.3. The monoisotopic (exact) mass is 315 g/mol. The van der Waals surface area contributed by atoms with Crippen LogP contribution >= 0.6 is 0 Å². The van der Waals surface area contributed by atoms with Gasteiger partial charge >= 0.3 is 0 Å². The van der Waals surface area contributed by atoms with Crippen LogP contribution < -0.4 is 10.5 Å². The summed E-state index contributed by atoms with van der Waals surface area (Å²) in [5.74, 6) is 0. The molecule has 0 fully saturated rings. The van der Waals surface area contributed by atoms with Crippen LogP contribution in [-0.4, -0.2) is 8.42 Å². The van der Waals surface area contributed by atoms with Gasteiger partial charge in [0, 0.05) is 6.54 Å². The number of nitrogens with one attached hydrogen (secondary N) is 1. The van der Waals surface area contributed by atoms with Gasteiger partial charge in [0.05, 0.1) is 16.1 Å². The largest absolute Gasteiger partial charge is 0.380 e. The first-order chi connectivity index (χ1) is 10.3. The van der Waals surface area contributed by atoms with Gasteiger partial charge in [-0.25, -0.2) is 13.6 Å². The minimum atomic E-state index is -3.81. The maximum absolute atomic E-state index is 11.3. The lowest BCUT2D eigenvalue weighted by Gasteiger charge is -2.11. The Labute approximate surface area is 130 Å². The number of nitrogens with zero attached hydrogens (tertiary/aromatic N) is 1. The van der Waals surface area contributed by atoms with Gasteiger partial charge in [-0.05, 0) is 43.2 Å². The van der Waals surface area contributed by atoms with Crippen molar-refractivity contribution < 1.29 is 8.42 Å². The quantitative estimate of drug-likeness (QED) is 0.905. The molecule has 0 aliphatic heterocycles. The minimum Gasteiger partial charge on any atom is -0.380 e. The first-order valence-electron chi connectivity index (χ1n) is 6.68. The lowest BCUT2D eigenvalue weighted by atomic mass is 10.1. The van der Waals surface area contributed by atoms with Gasteiger partial charge in [-0.3, -0.25) is 0 Å². The summed E-state index contributed by atoms with van der Waals surface area (Å²) in [4.78, 5) is -0.0684. The Balaban J connectivity index is 2.25. The minimum absolute atomic E-state index is 0.0684. The predicted octanol–water partition coefficient (Wildman–Crippen LogP) is 2.43. The van der Waals surface area contributed by atoms with Crippen molar-refractivity contribution in [3.63, 3.8) is 0 Å². The summed E-state index contributed by atoms with van der Waals surface area (Å²) >= 11 is 0. The molecule has 6 heteroatoms. The van der Waals surface area contributed by atoms with Gasteiger partial charge in [-0.15, -0.1) is 0 Å². The molecule has 0 amide bonds. The number of primary sulfonamides is 1. The summed E-state index contributed by atoms with van der Waals surface area (Å²) in [5.41, 5.74) is 4.29. The van der Waals surface area contributed by atoms with E-state index in [9.17, 15) is 13.7 Å². The van der Waals surface area contributed by atoms with E-state index in [2.05, 4.69) is 11.4 Å². The van der Waals surface area contributed by atoms with Crippen molar-refractivity contribution in [1.82, 2.24) is 0 Å². The Morgan fingerprint density at radius 1 is 1.18 bits per heavy atom. The van der Waals surface area contributed by atoms with Crippen LogP contribution in [0.1, 0.15) is 22.3 Å². The number of aryl methyl sites for hydroxylation is 2. The molecule has 0 radical (unpaired) electrons. The number of nitrogens with two attached hydrogens (primary N) is 1. The number of benzene rings is 2. The van der Waals surface area contributed by atoms with E-state index in [1.54, 1.807) is 6.07 Å². The summed E-state index contributed by atoms with van der Waals surface area (Å²) in [6, 6.07) is 12.4. The Kier molecular flexibility index (Phi) is 4.50. The van der Waals surface area contributed by atoms with Crippen molar-refractivity contribution in [3.05, 3.63) is 58.7 Å². The molecule has 0 heterocycles. The number of hydrogen-bond donors (Lipinski definition) is 2. The third-order valence-electron chi connectivity index (χ3n) is 3.41. The second kappa shape index (κ2) is 6.18. The zero-order valence-corrected chi connectivity index (χ0v) is 13.2. The molecule has 5 nitrogen and oxygen atoms in total. The zero-order chi connectivity index (χ0) is 16.3. The molecule has 2 rings (SSSR count). The van der Waals surface area contributed by atoms with E-state index in [1.165, 1.54) is 17.7 Å². The van der Waals surface area contributed by atoms with E-state index in [0.717, 1.165) is 11.1 Å². The van der Waals surface area contributed by atoms with Gasteiger partial charge < -0.3 is 5.32 Å². The van der Waals surface area contributed by atoms with Crippen molar-refractivity contribution in [1.29, 1.82) is 5.26 Å². The van der Waals surface area contributed by atoms with Gasteiger partial charge in [0.15, 0.2) is 0 Å². The summed E-state index contributed by atoms with van der Waals surface area (Å²) in [6.45, 7) is 4.61. The van der Waals surface area contributed by atoms with Crippen LogP contribution in [0.3, 0.4) is 0 Å². The Hall–Kier alpha value is -2.36. The fraction of sp³-hybridized carbons (Fsp3) is 0.188. The normalized spacial score (nSPS) is 11.0. The second-order valence-electron chi connectivity index (χ2n) is 5.15. The number of anilines is 1. The van der Waals surface area contributed by atoms with Crippen LogP contribution in [0.5, 0.6) is 0 Å². The van der Waals surface area contributed by atoms with Crippen LogP contribution in [0, 0.1) is 25.2 Å². The van der Waals surface area contributed by atoms with Crippen molar-refractivity contribution >= 4 is 15.7 Å². The average molecular weight is 315 g/mol. The average Bonchev–Trinajstić information content (AvgIpc) is 2.45. The number of sulfonamides is 1. The number of nitriles is 1. The SMILES string of the molecule is Cc1ccc(CNc2ccc(S(N)(=O)=O)cc2C#N)c(C)c1. The van der Waals surface area contributed by atoms with Crippen LogP contribution in [0.2, 0.25) is 0 Å². The van der Waals surface area contributed by atoms with Crippen LogP contribution in [0.15, 0.2) is 41.3 Å². The maximum Gasteiger partial charge on any atom is 0.238 e. The Bertz CT molecular complexity index is 852. The second-order valence-corrected chi connectivity index (χ2v) is 6.71. The van der Waals surface area contributed by atoms with E-state index in [-0.39, 0.29) is 10.5 Å². The van der Waals surface area contributed by atoms with E-state index in [4.69, 9.17) is 5.14 Å². The molecule has 22 heavy (non-hydrogen) atoms. The molecule has 0 aliphatic carbocycles. The smallest absolute Gasteiger partial charge is 0.238 e. The Morgan fingerprint density at radius 2 is 1.91 bits per heavy atom. The number of rotatable bonds is 4. The molecule has 0 bridgehead atoms. The highest BCUT2D eigenvalue weighted by molar-refractivity contribution is 7.89. The van der Waals surface area contributed by atoms with Crippen molar-refractivity contribution in [3.8, 4) is 6.07 Å². The van der Waals surface area contributed by atoms with Crippen LogP contribution in [0.4, 0.5) is 5.69 Å². The predicted molar refractivity (Wildman–Crippen MR) is 85.8 cm³/mol. The molecular formula is C16H17N3O2S. The van der Waals surface area contributed by atoms with Crippen molar-refractivity contribution in [2.75, 3.05) is 5.32 Å². The lowest BCUT2D eigenvalue weighted by molar-refractivity contribution is 0.598. The number of hydrogen-bond acceptors (Lipinski definition) is 4. The highest BCUT2D eigenvalue weighted by atomic mass is 32.2. The lowest BCUT2D eigenvalue weighted by Crippen LogP contribution is -2.12. The molecule has 114 valence electrons. The van der Waals surface area contributed by atoms with E-state index < -0.39 is 10.0 Å². The van der Waals surface area contributed by atoms with Crippen molar-refractivity contribution in [2.45, 2.75) is 25.3 Å². The molecular weight excluding hydrogens is 298 g/mol. The molecule has 0 aromatic heterocycles. The van der Waals surface area contributed by atoms with Crippen LogP contribution in [0.25, 0.3) is 0 Å². The molecule has 0 aliphatic rings. The van der Waals surface area contributed by atoms with Gasteiger partial charge in [0.2, 0.25) is 10.0 Å². The van der Waals surface area contributed by atoms with Crippen molar-refractivity contribution in [2.24, 2.45) is 5.14 Å². The summed E-state index contributed by atoms with van der Waals surface area (Å²) < 4.78 is 22.6. The summed E-state index contributed by atoms with van der Waals surface area (Å²) in [7, 11) is -3.81. The molecule has 0 unspecified atom stereocenters. The topological polar surface area (TPSA) is 96.0 Å². The zero-order valence-electron chi connectivity index (χ0n) is 12.4. The summed E-state index contributed by atoms with van der Waals surface area (Å²) in [6.07, 6.45) is 0. The molecule has 2 aromatic carbocycles. The summed E-state index contributed by atoms with van der Waals surface area (Å²) in [5, 5.41) is 17.4. The first-order valence-corrected chi connectivity index (χ1v) is 8.23. The highest BCUT2D eigenvalue weighted by Crippen LogP contribution is 2.20.